The molecule has 0 aliphatic carbocycles. The van der Waals surface area contributed by atoms with Crippen molar-refractivity contribution < 1.29 is 26.3 Å². The van der Waals surface area contributed by atoms with Crippen molar-refractivity contribution >= 4 is 46.3 Å². The molecule has 0 saturated carbocycles. The molecular formula is C24H12Cl2F6N2O. The van der Waals surface area contributed by atoms with Gasteiger partial charge >= 0.3 is 12.4 Å². The normalized spacial score (nSPS) is 12.6. The number of hydrogen-bond donors (Lipinski definition) is 0. The molecule has 0 aliphatic heterocycles. The molecule has 4 rings (SSSR count). The summed E-state index contributed by atoms with van der Waals surface area (Å²) in [5.74, 6) is -0.202. The van der Waals surface area contributed by atoms with Crippen LogP contribution in [0.4, 0.5) is 26.3 Å². The largest absolute Gasteiger partial charge is 0.416 e. The van der Waals surface area contributed by atoms with E-state index in [9.17, 15) is 31.1 Å². The van der Waals surface area contributed by atoms with Gasteiger partial charge in [-0.25, -0.2) is 4.98 Å². The first-order valence-corrected chi connectivity index (χ1v) is 10.5. The summed E-state index contributed by atoms with van der Waals surface area (Å²) in [7, 11) is 0. The molecule has 180 valence electrons. The van der Waals surface area contributed by atoms with Gasteiger partial charge in [0.25, 0.3) is 5.56 Å². The average molecular weight is 529 g/mol. The van der Waals surface area contributed by atoms with Crippen molar-refractivity contribution in [2.45, 2.75) is 12.4 Å². The van der Waals surface area contributed by atoms with Crippen LogP contribution >= 0.6 is 23.2 Å². The summed E-state index contributed by atoms with van der Waals surface area (Å²) in [6.45, 7) is 0. The van der Waals surface area contributed by atoms with Crippen molar-refractivity contribution in [2.24, 2.45) is 0 Å². The van der Waals surface area contributed by atoms with Crippen molar-refractivity contribution in [2.75, 3.05) is 0 Å². The van der Waals surface area contributed by atoms with Crippen LogP contribution in [0.5, 0.6) is 0 Å². The maximum absolute atomic E-state index is 13.4. The van der Waals surface area contributed by atoms with E-state index in [-0.39, 0.29) is 27.8 Å². The molecule has 1 heterocycles. The predicted octanol–water partition coefficient (Wildman–Crippen LogP) is 7.90. The summed E-state index contributed by atoms with van der Waals surface area (Å²) in [5, 5.41) is 0.610. The second-order valence-electron chi connectivity index (χ2n) is 7.39. The molecule has 35 heavy (non-hydrogen) atoms. The van der Waals surface area contributed by atoms with Crippen LogP contribution in [0.1, 0.15) is 22.5 Å². The van der Waals surface area contributed by atoms with Crippen molar-refractivity contribution in [3.8, 4) is 5.69 Å². The monoisotopic (exact) mass is 528 g/mol. The molecular weight excluding hydrogens is 517 g/mol. The number of fused-ring (bicyclic) bond motifs is 1. The Hall–Kier alpha value is -3.30. The van der Waals surface area contributed by atoms with E-state index >= 15 is 0 Å². The Morgan fingerprint density at radius 2 is 1.43 bits per heavy atom. The standard InChI is InChI=1S/C24H12Cl2F6N2O/c25-16-7-5-13(19(26)12-16)6-8-21-33-20-4-2-1-3-18(20)22(35)34(21)17-10-14(23(27,28)29)9-15(11-17)24(30,31)32/h1-12H/b8-6+. The molecule has 0 spiro atoms. The first kappa shape index (κ1) is 24.8. The number of nitrogens with zero attached hydrogens (tertiary/aromatic N) is 2. The predicted molar refractivity (Wildman–Crippen MR) is 123 cm³/mol. The smallest absolute Gasteiger partial charge is 0.268 e. The van der Waals surface area contributed by atoms with Gasteiger partial charge in [-0.15, -0.1) is 0 Å². The molecule has 0 bridgehead atoms. The van der Waals surface area contributed by atoms with E-state index in [4.69, 9.17) is 23.2 Å². The van der Waals surface area contributed by atoms with Crippen LogP contribution in [-0.4, -0.2) is 9.55 Å². The zero-order valence-electron chi connectivity index (χ0n) is 17.3. The minimum absolute atomic E-state index is 0.00793. The molecule has 4 aromatic rings. The Kier molecular flexibility index (Phi) is 6.42. The van der Waals surface area contributed by atoms with Crippen molar-refractivity contribution in [1.82, 2.24) is 9.55 Å². The topological polar surface area (TPSA) is 34.9 Å². The third-order valence-corrected chi connectivity index (χ3v) is 5.57. The van der Waals surface area contributed by atoms with E-state index < -0.39 is 34.7 Å². The number of alkyl halides is 6. The molecule has 0 radical (unpaired) electrons. The van der Waals surface area contributed by atoms with E-state index in [0.717, 1.165) is 0 Å². The summed E-state index contributed by atoms with van der Waals surface area (Å²) in [5.41, 5.74) is -3.96. The van der Waals surface area contributed by atoms with Gasteiger partial charge < -0.3 is 0 Å². The van der Waals surface area contributed by atoms with E-state index in [1.165, 1.54) is 42.5 Å². The lowest BCUT2D eigenvalue weighted by molar-refractivity contribution is -0.143. The first-order valence-electron chi connectivity index (χ1n) is 9.79. The lowest BCUT2D eigenvalue weighted by atomic mass is 10.1. The van der Waals surface area contributed by atoms with Crippen LogP contribution in [-0.2, 0) is 12.4 Å². The Balaban J connectivity index is 2.02. The quantitative estimate of drug-likeness (QED) is 0.253. The van der Waals surface area contributed by atoms with Crippen molar-refractivity contribution in [3.05, 3.63) is 104 Å². The van der Waals surface area contributed by atoms with Crippen LogP contribution in [0.2, 0.25) is 10.0 Å². The SMILES string of the molecule is O=c1c2ccccc2nc(/C=C/c2ccc(Cl)cc2Cl)n1-c1cc(C(F)(F)F)cc(C(F)(F)F)c1. The number of para-hydroxylation sites is 1. The third kappa shape index (κ3) is 5.21. The van der Waals surface area contributed by atoms with Crippen LogP contribution in [0.15, 0.2) is 65.5 Å². The van der Waals surface area contributed by atoms with E-state index in [2.05, 4.69) is 4.98 Å². The maximum Gasteiger partial charge on any atom is 0.416 e. The number of aromatic nitrogens is 2. The fourth-order valence-corrected chi connectivity index (χ4v) is 3.85. The summed E-state index contributed by atoms with van der Waals surface area (Å²) in [6.07, 6.45) is -7.48. The lowest BCUT2D eigenvalue weighted by Gasteiger charge is -2.17. The average Bonchev–Trinajstić information content (AvgIpc) is 2.77. The molecule has 0 saturated heterocycles. The van der Waals surface area contributed by atoms with Crippen molar-refractivity contribution in [1.29, 1.82) is 0 Å². The highest BCUT2D eigenvalue weighted by Gasteiger charge is 2.37. The van der Waals surface area contributed by atoms with E-state index in [1.807, 2.05) is 0 Å². The molecule has 3 nitrogen and oxygen atoms in total. The summed E-state index contributed by atoms with van der Waals surface area (Å²) in [6, 6.07) is 11.5. The molecule has 0 amide bonds. The molecule has 0 aliphatic rings. The minimum atomic E-state index is -5.09. The zero-order valence-corrected chi connectivity index (χ0v) is 18.8. The van der Waals surface area contributed by atoms with Crippen LogP contribution in [0, 0.1) is 0 Å². The Labute approximate surface area is 203 Å². The highest BCUT2D eigenvalue weighted by molar-refractivity contribution is 6.35. The Morgan fingerprint density at radius 1 is 0.800 bits per heavy atom. The van der Waals surface area contributed by atoms with Crippen molar-refractivity contribution in [3.63, 3.8) is 0 Å². The highest BCUT2D eigenvalue weighted by atomic mass is 35.5. The second-order valence-corrected chi connectivity index (χ2v) is 8.23. The molecule has 0 unspecified atom stereocenters. The fraction of sp³-hybridized carbons (Fsp3) is 0.0833. The zero-order chi connectivity index (χ0) is 25.5. The van der Waals surface area contributed by atoms with Gasteiger partial charge in [0.2, 0.25) is 0 Å². The van der Waals surface area contributed by atoms with Crippen LogP contribution in [0.25, 0.3) is 28.7 Å². The number of halogens is 8. The highest BCUT2D eigenvalue weighted by Crippen LogP contribution is 2.37. The third-order valence-electron chi connectivity index (χ3n) is 5.01. The van der Waals surface area contributed by atoms with Gasteiger partial charge in [0.1, 0.15) is 5.82 Å². The van der Waals surface area contributed by atoms with Gasteiger partial charge in [0, 0.05) is 10.0 Å². The minimum Gasteiger partial charge on any atom is -0.268 e. The summed E-state index contributed by atoms with van der Waals surface area (Å²) < 4.78 is 81.4. The van der Waals surface area contributed by atoms with Gasteiger partial charge in [-0.05, 0) is 60.2 Å². The van der Waals surface area contributed by atoms with Gasteiger partial charge in [0.15, 0.2) is 0 Å². The number of rotatable bonds is 3. The van der Waals surface area contributed by atoms with E-state index in [0.29, 0.717) is 27.3 Å². The second kappa shape index (κ2) is 9.05. The maximum atomic E-state index is 13.4. The lowest BCUT2D eigenvalue weighted by Crippen LogP contribution is -2.23. The van der Waals surface area contributed by atoms with Gasteiger partial charge in [0.05, 0.1) is 27.7 Å². The molecule has 11 heteroatoms. The Morgan fingerprint density at radius 3 is 2.03 bits per heavy atom. The van der Waals surface area contributed by atoms with Crippen LogP contribution < -0.4 is 5.56 Å². The summed E-state index contributed by atoms with van der Waals surface area (Å²) in [4.78, 5) is 17.6. The molecule has 3 aromatic carbocycles. The van der Waals surface area contributed by atoms with Gasteiger partial charge in [-0.3, -0.25) is 9.36 Å². The van der Waals surface area contributed by atoms with Gasteiger partial charge in [-0.2, -0.15) is 26.3 Å². The Bertz CT molecular complexity index is 1490. The summed E-state index contributed by atoms with van der Waals surface area (Å²) >= 11 is 12.0. The first-order chi connectivity index (χ1) is 16.3. The number of hydrogen-bond acceptors (Lipinski definition) is 2. The number of benzene rings is 3. The molecule has 0 N–H and O–H groups in total. The fourth-order valence-electron chi connectivity index (χ4n) is 3.38. The molecule has 0 fully saturated rings. The molecule has 1 aromatic heterocycles. The van der Waals surface area contributed by atoms with E-state index in [1.54, 1.807) is 12.1 Å². The van der Waals surface area contributed by atoms with Crippen LogP contribution in [0.3, 0.4) is 0 Å². The van der Waals surface area contributed by atoms with Gasteiger partial charge in [-0.1, -0.05) is 41.4 Å². The molecule has 0 atom stereocenters.